The zero-order chi connectivity index (χ0) is 74.2. The molecule has 0 spiro atoms. The van der Waals surface area contributed by atoms with E-state index in [0.717, 1.165) is 54.6 Å². The summed E-state index contributed by atoms with van der Waals surface area (Å²) in [5, 5.41) is 27.3. The molecular formula is C84H54BBrO4. The fraction of sp³-hybridized carbons (Fsp3) is 0. The molecule has 424 valence electrons. The van der Waals surface area contributed by atoms with Gasteiger partial charge in [0.2, 0.25) is 0 Å². The molecular weight excluding hydrogens is 1160 g/mol. The molecule has 0 amide bonds. The predicted molar refractivity (Wildman–Crippen MR) is 384 cm³/mol. The second kappa shape index (κ2) is 23.0. The summed E-state index contributed by atoms with van der Waals surface area (Å²) in [6.45, 7) is 0. The van der Waals surface area contributed by atoms with E-state index in [1.807, 2.05) is 146 Å². The van der Waals surface area contributed by atoms with E-state index in [1.54, 1.807) is 30.3 Å². The van der Waals surface area contributed by atoms with Crippen LogP contribution in [0.25, 0.3) is 164 Å². The van der Waals surface area contributed by atoms with Crippen LogP contribution in [-0.4, -0.2) is 17.2 Å². The lowest BCUT2D eigenvalue weighted by Crippen LogP contribution is -2.29. The topological polar surface area (TPSA) is 66.7 Å². The summed E-state index contributed by atoms with van der Waals surface area (Å²) in [6, 6.07) is 63.6. The Bertz CT molecular complexity index is 6610. The van der Waals surface area contributed by atoms with Gasteiger partial charge in [-0.2, -0.15) is 0 Å². The van der Waals surface area contributed by atoms with E-state index in [4.69, 9.17) is 35.3 Å². The van der Waals surface area contributed by atoms with Gasteiger partial charge in [-0.3, -0.25) is 0 Å². The Morgan fingerprint density at radius 2 is 0.589 bits per heavy atom. The van der Waals surface area contributed by atoms with Crippen LogP contribution in [0.4, 0.5) is 0 Å². The number of furan rings is 2. The van der Waals surface area contributed by atoms with Crippen LogP contribution in [0.3, 0.4) is 0 Å². The van der Waals surface area contributed by atoms with Crippen molar-refractivity contribution in [1.29, 1.82) is 0 Å². The summed E-state index contributed by atoms with van der Waals surface area (Å²) < 4.78 is 153. The quantitative estimate of drug-likeness (QED) is 0.129. The van der Waals surface area contributed by atoms with Gasteiger partial charge in [0.1, 0.15) is 22.3 Å². The maximum absolute atomic E-state index is 9.30. The maximum atomic E-state index is 9.30. The largest absolute Gasteiger partial charge is 0.488 e. The minimum Gasteiger partial charge on any atom is -0.455 e. The molecule has 0 fully saturated rings. The van der Waals surface area contributed by atoms with Crippen molar-refractivity contribution in [2.45, 2.75) is 0 Å². The highest BCUT2D eigenvalue weighted by molar-refractivity contribution is 9.10. The number of benzene rings is 16. The van der Waals surface area contributed by atoms with Crippen molar-refractivity contribution in [2.75, 3.05) is 0 Å². The van der Waals surface area contributed by atoms with Gasteiger partial charge in [-0.05, 0) is 132 Å². The SMILES string of the molecule is OB(O)c1ccc(-c2cccc3ccccc23)cc1.[2H]c1c([2H])c([2H])c2c(-c3cccc4c3oc3ccccc34)c3c([2H])c([2H])c([2H])c([2H])c3c(-c3ccc(-c4cccc5ccccc45)cc3)c2c1[2H].[2H]c1c([2H])c([2H])c2c(-c3cccc4c3oc3ccccc34)c3c([2H])c([2H])c([2H])c([2H])c3c(Br)c2c1[2H]. The van der Waals surface area contributed by atoms with Crippen molar-refractivity contribution in [2.24, 2.45) is 0 Å². The molecule has 0 atom stereocenters. The van der Waals surface area contributed by atoms with Gasteiger partial charge in [-0.15, -0.1) is 0 Å². The molecule has 16 aromatic carbocycles. The monoisotopic (exact) mass is 1230 g/mol. The zero-order valence-electron chi connectivity index (χ0n) is 63.5. The summed E-state index contributed by atoms with van der Waals surface area (Å²) in [5.74, 6) is 0. The fourth-order valence-corrected chi connectivity index (χ4v) is 13.1. The normalized spacial score (nSPS) is 14.0. The second-order valence-electron chi connectivity index (χ2n) is 21.6. The molecule has 0 radical (unpaired) electrons. The average Bonchev–Trinajstić information content (AvgIpc) is 0.867. The number of para-hydroxylation sites is 4. The molecule has 0 aliphatic carbocycles. The van der Waals surface area contributed by atoms with Crippen LogP contribution in [0, 0.1) is 0 Å². The van der Waals surface area contributed by atoms with Crippen LogP contribution in [-0.2, 0) is 0 Å². The Labute approximate surface area is 550 Å². The number of rotatable bonds is 6. The molecule has 2 heterocycles. The van der Waals surface area contributed by atoms with Gasteiger partial charge < -0.3 is 18.9 Å². The number of fused-ring (bicyclic) bond motifs is 12. The molecule has 4 nitrogen and oxygen atoms in total. The van der Waals surface area contributed by atoms with E-state index in [0.29, 0.717) is 50.0 Å². The Balaban J connectivity index is 0.000000135. The maximum Gasteiger partial charge on any atom is 0.488 e. The van der Waals surface area contributed by atoms with Crippen molar-refractivity contribution < 1.29 is 40.8 Å². The molecule has 0 saturated carbocycles. The van der Waals surface area contributed by atoms with Crippen LogP contribution < -0.4 is 5.46 Å². The van der Waals surface area contributed by atoms with Gasteiger partial charge in [0, 0.05) is 48.3 Å². The van der Waals surface area contributed by atoms with Gasteiger partial charge in [-0.1, -0.05) is 303 Å². The van der Waals surface area contributed by atoms with Crippen molar-refractivity contribution in [1.82, 2.24) is 0 Å². The van der Waals surface area contributed by atoms with Gasteiger partial charge in [0.25, 0.3) is 0 Å². The Morgan fingerprint density at radius 3 is 1.02 bits per heavy atom. The first-order chi connectivity index (χ1) is 51.1. The van der Waals surface area contributed by atoms with Crippen LogP contribution in [0.1, 0.15) is 21.9 Å². The first-order valence-electron chi connectivity index (χ1n) is 37.0. The van der Waals surface area contributed by atoms with Gasteiger partial charge in [0.05, 0.1) is 21.9 Å². The smallest absolute Gasteiger partial charge is 0.455 e. The van der Waals surface area contributed by atoms with E-state index < -0.39 is 55.5 Å². The molecule has 18 rings (SSSR count). The zero-order valence-corrected chi connectivity index (χ0v) is 49.0. The summed E-state index contributed by atoms with van der Waals surface area (Å²) in [5.41, 5.74) is 9.18. The second-order valence-corrected chi connectivity index (χ2v) is 22.4. The Morgan fingerprint density at radius 1 is 0.278 bits per heavy atom. The summed E-state index contributed by atoms with van der Waals surface area (Å²) in [6.07, 6.45) is 0. The third-order valence-corrected chi connectivity index (χ3v) is 17.4. The average molecular weight is 1230 g/mol. The molecule has 90 heavy (non-hydrogen) atoms. The van der Waals surface area contributed by atoms with Gasteiger partial charge in [0.15, 0.2) is 0 Å². The van der Waals surface area contributed by atoms with Crippen molar-refractivity contribution >= 4 is 137 Å². The van der Waals surface area contributed by atoms with Crippen LogP contribution in [0.2, 0.25) is 0 Å². The molecule has 0 aliphatic heterocycles. The highest BCUT2D eigenvalue weighted by atomic mass is 79.9. The lowest BCUT2D eigenvalue weighted by molar-refractivity contribution is 0.426. The third kappa shape index (κ3) is 9.49. The molecule has 0 bridgehead atoms. The molecule has 0 saturated heterocycles. The molecule has 2 aromatic heterocycles. The standard InChI is InChI=1S/C42H26O.C26H15BrO.C16H13BO2/c1-2-13-30-27(11-1)12-9-19-31(30)28-23-25-29(26-24-28)40-33-15-3-5-17-35(33)41(36-18-6-4-16-34(36)40)38-21-10-20-37-32-14-7-8-22-39(32)43-42(37)38;27-25-19-11-3-1-9-17(19)24(18-10-2-4-12-20(18)25)22-14-7-13-21-16-8-5-6-15-23(16)28-26(21)22;18-17(19)14-10-8-13(9-11-14)16-7-3-5-12-4-1-2-6-15(12)16/h1-26H;1-15H;1-11,18-19H/i3D,4D,5D,6D,15D,16D,17D,18D;1D,2D,3D,4D,9D,10D,11D,12D;. The Kier molecular flexibility index (Phi) is 10.2. The van der Waals surface area contributed by atoms with E-state index in [1.165, 1.54) is 10.8 Å². The van der Waals surface area contributed by atoms with Crippen molar-refractivity contribution in [3.63, 3.8) is 0 Å². The van der Waals surface area contributed by atoms with Crippen molar-refractivity contribution in [3.8, 4) is 55.6 Å². The molecule has 6 heteroatoms. The molecule has 0 unspecified atom stereocenters. The minimum absolute atomic E-state index is 0.140. The van der Waals surface area contributed by atoms with E-state index >= 15 is 0 Å². The van der Waals surface area contributed by atoms with Gasteiger partial charge >= 0.3 is 7.12 Å². The minimum atomic E-state index is -1.42. The number of hydrogen-bond acceptors (Lipinski definition) is 4. The van der Waals surface area contributed by atoms with E-state index in [2.05, 4.69) is 58.4 Å². The first kappa shape index (κ1) is 39.8. The fourth-order valence-electron chi connectivity index (χ4n) is 12.5. The van der Waals surface area contributed by atoms with E-state index in [9.17, 15) is 5.48 Å². The molecule has 18 aromatic rings. The van der Waals surface area contributed by atoms with Crippen LogP contribution in [0.5, 0.6) is 0 Å². The summed E-state index contributed by atoms with van der Waals surface area (Å²) in [7, 11) is -1.42. The Hall–Kier alpha value is -10.9. The van der Waals surface area contributed by atoms with Gasteiger partial charge in [-0.25, -0.2) is 0 Å². The first-order valence-corrected chi connectivity index (χ1v) is 29.8. The third-order valence-electron chi connectivity index (χ3n) is 16.6. The van der Waals surface area contributed by atoms with Crippen molar-refractivity contribution in [3.05, 3.63) is 320 Å². The lowest BCUT2D eigenvalue weighted by atomic mass is 9.79. The van der Waals surface area contributed by atoms with Crippen LogP contribution in [0.15, 0.2) is 328 Å². The number of hydrogen-bond donors (Lipinski definition) is 2. The highest BCUT2D eigenvalue weighted by Gasteiger charge is 2.22. The predicted octanol–water partition coefficient (Wildman–Crippen LogP) is 22.6. The summed E-state index contributed by atoms with van der Waals surface area (Å²) >= 11 is 3.44. The van der Waals surface area contributed by atoms with Crippen LogP contribution >= 0.6 is 15.9 Å². The number of halogens is 1. The van der Waals surface area contributed by atoms with E-state index in [-0.39, 0.29) is 107 Å². The summed E-state index contributed by atoms with van der Waals surface area (Å²) in [4.78, 5) is 0. The molecule has 0 aliphatic rings. The lowest BCUT2D eigenvalue weighted by Gasteiger charge is -2.18. The highest BCUT2D eigenvalue weighted by Crippen LogP contribution is 2.48. The molecule has 2 N–H and O–H groups in total.